The highest BCUT2D eigenvalue weighted by molar-refractivity contribution is 5.70. The molecule has 0 spiro atoms. The van der Waals surface area contributed by atoms with Gasteiger partial charge < -0.3 is 28.6 Å². The lowest BCUT2D eigenvalue weighted by Crippen LogP contribution is -2.55. The average molecular weight is 572 g/mol. The number of quaternary nitrogens is 1. The van der Waals surface area contributed by atoms with Crippen molar-refractivity contribution in [3.8, 4) is 0 Å². The van der Waals surface area contributed by atoms with E-state index in [1.165, 1.54) is 64.2 Å². The molecule has 0 aromatic rings. The highest BCUT2D eigenvalue weighted by Crippen LogP contribution is 2.13. The highest BCUT2D eigenvalue weighted by Gasteiger charge is 2.25. The Bertz CT molecular complexity index is 648. The van der Waals surface area contributed by atoms with Crippen LogP contribution in [0.15, 0.2) is 0 Å². The first-order valence-corrected chi connectivity index (χ1v) is 16.1. The number of hydrogen-bond acceptors (Lipinski definition) is 7. The van der Waals surface area contributed by atoms with Crippen molar-refractivity contribution < 1.29 is 38.2 Å². The molecule has 0 heterocycles. The van der Waals surface area contributed by atoms with Crippen LogP contribution < -0.4 is 5.11 Å². The first-order valence-electron chi connectivity index (χ1n) is 16.1. The zero-order valence-corrected chi connectivity index (χ0v) is 26.5. The fourth-order valence-corrected chi connectivity index (χ4v) is 4.66. The Morgan fingerprint density at radius 3 is 1.55 bits per heavy atom. The second-order valence-corrected chi connectivity index (χ2v) is 12.1. The van der Waals surface area contributed by atoms with Gasteiger partial charge in [0.15, 0.2) is 6.10 Å². The van der Waals surface area contributed by atoms with Gasteiger partial charge in [-0.25, -0.2) is 0 Å². The zero-order chi connectivity index (χ0) is 30.1. The van der Waals surface area contributed by atoms with Crippen LogP contribution in [0.2, 0.25) is 0 Å². The number of unbranched alkanes of at least 4 members (excludes halogenated alkanes) is 14. The van der Waals surface area contributed by atoms with Crippen LogP contribution in [0.5, 0.6) is 0 Å². The summed E-state index contributed by atoms with van der Waals surface area (Å²) in [6.07, 6.45) is 18.6. The van der Waals surface area contributed by atoms with E-state index in [2.05, 4.69) is 13.8 Å². The SMILES string of the molecule is CCCCCCCCCCCCC(=O)OC(COCCC(C(=O)[O-])[N+](C)(C)C)COC(=O)CCCCCCCC. The van der Waals surface area contributed by atoms with Gasteiger partial charge in [-0.1, -0.05) is 104 Å². The van der Waals surface area contributed by atoms with E-state index in [0.717, 1.165) is 38.5 Å². The van der Waals surface area contributed by atoms with Gasteiger partial charge in [-0.15, -0.1) is 0 Å². The minimum absolute atomic E-state index is 0.0466. The monoisotopic (exact) mass is 571 g/mol. The normalized spacial score (nSPS) is 13.1. The molecule has 40 heavy (non-hydrogen) atoms. The summed E-state index contributed by atoms with van der Waals surface area (Å²) >= 11 is 0. The smallest absolute Gasteiger partial charge is 0.306 e. The number of aliphatic carboxylic acids is 1. The van der Waals surface area contributed by atoms with E-state index in [1.54, 1.807) is 21.1 Å². The largest absolute Gasteiger partial charge is 0.544 e. The number of carboxylic acids is 1. The van der Waals surface area contributed by atoms with E-state index in [1.807, 2.05) is 0 Å². The molecule has 8 heteroatoms. The maximum atomic E-state index is 12.5. The van der Waals surface area contributed by atoms with Crippen LogP contribution in [-0.2, 0) is 28.6 Å². The van der Waals surface area contributed by atoms with E-state index in [9.17, 15) is 19.5 Å². The second-order valence-electron chi connectivity index (χ2n) is 12.1. The number of esters is 2. The third-order valence-corrected chi connectivity index (χ3v) is 7.24. The molecule has 0 amide bonds. The minimum atomic E-state index is -1.13. The van der Waals surface area contributed by atoms with E-state index < -0.39 is 18.1 Å². The lowest BCUT2D eigenvalue weighted by molar-refractivity contribution is -0.889. The van der Waals surface area contributed by atoms with E-state index in [4.69, 9.17) is 14.2 Å². The first kappa shape index (κ1) is 38.3. The van der Waals surface area contributed by atoms with Crippen molar-refractivity contribution in [3.05, 3.63) is 0 Å². The average Bonchev–Trinajstić information content (AvgIpc) is 2.89. The molecule has 0 aromatic heterocycles. The summed E-state index contributed by atoms with van der Waals surface area (Å²) in [4.78, 5) is 36.2. The molecule has 0 aliphatic carbocycles. The molecule has 0 aliphatic rings. The molecular weight excluding hydrogens is 510 g/mol. The Kier molecular flexibility index (Phi) is 24.0. The van der Waals surface area contributed by atoms with Gasteiger partial charge in [0.25, 0.3) is 0 Å². The van der Waals surface area contributed by atoms with Gasteiger partial charge in [0, 0.05) is 19.3 Å². The van der Waals surface area contributed by atoms with Crippen LogP contribution in [0.1, 0.15) is 136 Å². The Morgan fingerprint density at radius 2 is 1.10 bits per heavy atom. The number of nitrogens with zero attached hydrogens (tertiary/aromatic N) is 1. The summed E-state index contributed by atoms with van der Waals surface area (Å²) < 4.78 is 16.9. The van der Waals surface area contributed by atoms with Gasteiger partial charge in [-0.05, 0) is 12.8 Å². The van der Waals surface area contributed by atoms with E-state index in [-0.39, 0.29) is 42.7 Å². The molecular formula is C32H61NO7. The van der Waals surface area contributed by atoms with Crippen molar-refractivity contribution in [2.45, 2.75) is 148 Å². The van der Waals surface area contributed by atoms with Gasteiger partial charge in [-0.3, -0.25) is 9.59 Å². The Hall–Kier alpha value is -1.67. The summed E-state index contributed by atoms with van der Waals surface area (Å²) in [6, 6.07) is -0.715. The van der Waals surface area contributed by atoms with Crippen LogP contribution in [-0.4, -0.2) is 75.5 Å². The molecule has 0 bridgehead atoms. The van der Waals surface area contributed by atoms with Crippen molar-refractivity contribution in [2.75, 3.05) is 41.0 Å². The molecule has 2 atom stereocenters. The lowest BCUT2D eigenvalue weighted by atomic mass is 10.1. The summed E-state index contributed by atoms with van der Waals surface area (Å²) in [5, 5.41) is 11.5. The molecule has 0 rings (SSSR count). The predicted octanol–water partition coefficient (Wildman–Crippen LogP) is 5.73. The van der Waals surface area contributed by atoms with Crippen molar-refractivity contribution in [1.29, 1.82) is 0 Å². The summed E-state index contributed by atoms with van der Waals surface area (Å²) in [7, 11) is 5.38. The van der Waals surface area contributed by atoms with Crippen LogP contribution in [0.25, 0.3) is 0 Å². The first-order chi connectivity index (χ1) is 19.1. The Morgan fingerprint density at radius 1 is 0.650 bits per heavy atom. The fourth-order valence-electron chi connectivity index (χ4n) is 4.66. The number of ether oxygens (including phenoxy) is 3. The number of carboxylic acid groups (broad SMARTS) is 1. The maximum absolute atomic E-state index is 12.5. The molecule has 8 nitrogen and oxygen atoms in total. The molecule has 0 saturated heterocycles. The molecule has 0 radical (unpaired) electrons. The number of carbonyl (C=O) groups excluding carboxylic acids is 3. The van der Waals surface area contributed by atoms with Gasteiger partial charge in [-0.2, -0.15) is 0 Å². The fraction of sp³-hybridized carbons (Fsp3) is 0.906. The maximum Gasteiger partial charge on any atom is 0.306 e. The third kappa shape index (κ3) is 23.1. The van der Waals surface area contributed by atoms with Gasteiger partial charge >= 0.3 is 11.9 Å². The molecule has 236 valence electrons. The van der Waals surface area contributed by atoms with Gasteiger partial charge in [0.1, 0.15) is 12.6 Å². The van der Waals surface area contributed by atoms with Crippen molar-refractivity contribution in [3.63, 3.8) is 0 Å². The van der Waals surface area contributed by atoms with Crippen LogP contribution >= 0.6 is 0 Å². The molecule has 0 saturated carbocycles. The highest BCUT2D eigenvalue weighted by atomic mass is 16.6. The summed E-state index contributed by atoms with van der Waals surface area (Å²) in [5.74, 6) is -1.74. The number of rotatable bonds is 28. The topological polar surface area (TPSA) is 102 Å². The zero-order valence-electron chi connectivity index (χ0n) is 26.5. The second kappa shape index (κ2) is 25.1. The van der Waals surface area contributed by atoms with Crippen LogP contribution in [0.3, 0.4) is 0 Å². The van der Waals surface area contributed by atoms with Gasteiger partial charge in [0.2, 0.25) is 0 Å². The molecule has 0 aliphatic heterocycles. The molecule has 0 N–H and O–H groups in total. The summed E-state index contributed by atoms with van der Waals surface area (Å²) in [5.41, 5.74) is 0. The summed E-state index contributed by atoms with van der Waals surface area (Å²) in [6.45, 7) is 4.56. The lowest BCUT2D eigenvalue weighted by Gasteiger charge is -2.34. The van der Waals surface area contributed by atoms with Gasteiger partial charge in [0.05, 0.1) is 40.3 Å². The van der Waals surface area contributed by atoms with Crippen molar-refractivity contribution in [1.82, 2.24) is 0 Å². The Balaban J connectivity index is 4.48. The van der Waals surface area contributed by atoms with Crippen LogP contribution in [0.4, 0.5) is 0 Å². The minimum Gasteiger partial charge on any atom is -0.544 e. The number of carbonyl (C=O) groups is 3. The predicted molar refractivity (Wildman–Crippen MR) is 158 cm³/mol. The van der Waals surface area contributed by atoms with Crippen molar-refractivity contribution >= 4 is 17.9 Å². The van der Waals surface area contributed by atoms with Crippen LogP contribution in [0, 0.1) is 0 Å². The molecule has 2 unspecified atom stereocenters. The van der Waals surface area contributed by atoms with E-state index in [0.29, 0.717) is 12.8 Å². The third-order valence-electron chi connectivity index (χ3n) is 7.24. The molecule has 0 fully saturated rings. The molecule has 0 aromatic carbocycles. The van der Waals surface area contributed by atoms with E-state index >= 15 is 0 Å². The number of hydrogen-bond donors (Lipinski definition) is 0. The Labute approximate surface area is 245 Å². The van der Waals surface area contributed by atoms with Crippen molar-refractivity contribution in [2.24, 2.45) is 0 Å². The number of likely N-dealkylation sites (N-methyl/N-ethyl adjacent to an activating group) is 1. The standard InChI is InChI=1S/C32H61NO7/c1-6-8-10-12-14-15-16-17-19-21-23-31(35)40-28(26-38-25-24-29(32(36)37)33(3,4)5)27-39-30(34)22-20-18-13-11-9-7-2/h28-29H,6-27H2,1-5H3. The quantitative estimate of drug-likeness (QED) is 0.0671.